The molecule has 0 bridgehead atoms. The highest BCUT2D eigenvalue weighted by Crippen LogP contribution is 2.27. The lowest BCUT2D eigenvalue weighted by molar-refractivity contribution is -0.134. The molecule has 0 saturated carbocycles. The first-order chi connectivity index (χ1) is 12.9. The topological polar surface area (TPSA) is 76.7 Å². The fourth-order valence-electron chi connectivity index (χ4n) is 2.09. The molecule has 8 heteroatoms. The highest BCUT2D eigenvalue weighted by atomic mass is 79.9. The molecule has 0 heterocycles. The normalized spacial score (nSPS) is 11.4. The molecular weight excluding hydrogens is 436 g/mol. The Hall–Kier alpha value is -2.25. The third-order valence-corrected chi connectivity index (χ3v) is 4.33. The monoisotopic (exact) mass is 454 g/mol. The maximum atomic E-state index is 12.2. The van der Waals surface area contributed by atoms with Crippen LogP contribution in [0, 0.1) is 6.92 Å². The van der Waals surface area contributed by atoms with Crippen LogP contribution in [-0.2, 0) is 9.59 Å². The van der Waals surface area contributed by atoms with E-state index in [1.54, 1.807) is 30.3 Å². The number of hydrazine groups is 1. The molecule has 1 atom stereocenters. The van der Waals surface area contributed by atoms with Gasteiger partial charge in [-0.3, -0.25) is 20.4 Å². The molecule has 0 aliphatic rings. The Morgan fingerprint density at radius 2 is 1.85 bits per heavy atom. The summed E-state index contributed by atoms with van der Waals surface area (Å²) >= 11 is 9.30. The highest BCUT2D eigenvalue weighted by Gasteiger charge is 2.19. The van der Waals surface area contributed by atoms with Crippen molar-refractivity contribution in [2.45, 2.75) is 26.4 Å². The van der Waals surface area contributed by atoms with Gasteiger partial charge in [0.1, 0.15) is 11.5 Å². The molecule has 144 valence electrons. The van der Waals surface area contributed by atoms with Crippen molar-refractivity contribution < 1.29 is 19.1 Å². The van der Waals surface area contributed by atoms with Gasteiger partial charge in [0, 0.05) is 4.47 Å². The summed E-state index contributed by atoms with van der Waals surface area (Å²) in [7, 11) is 0. The van der Waals surface area contributed by atoms with E-state index in [0.29, 0.717) is 22.9 Å². The smallest absolute Gasteiger partial charge is 0.279 e. The number of halogens is 2. The van der Waals surface area contributed by atoms with E-state index in [2.05, 4.69) is 26.8 Å². The molecule has 0 saturated heterocycles. The molecule has 0 aliphatic carbocycles. The van der Waals surface area contributed by atoms with Crippen LogP contribution in [0.25, 0.3) is 0 Å². The predicted molar refractivity (Wildman–Crippen MR) is 107 cm³/mol. The average molecular weight is 456 g/mol. The fourth-order valence-corrected chi connectivity index (χ4v) is 2.81. The molecule has 0 aromatic heterocycles. The lowest BCUT2D eigenvalue weighted by atomic mass is 10.2. The maximum absolute atomic E-state index is 12.2. The zero-order valence-electron chi connectivity index (χ0n) is 14.9. The Morgan fingerprint density at radius 1 is 1.15 bits per heavy atom. The molecule has 2 aromatic carbocycles. The van der Waals surface area contributed by atoms with Crippen LogP contribution in [0.4, 0.5) is 0 Å². The van der Waals surface area contributed by atoms with Gasteiger partial charge in [0.25, 0.3) is 11.8 Å². The summed E-state index contributed by atoms with van der Waals surface area (Å²) in [6.45, 7) is 3.49. The van der Waals surface area contributed by atoms with Crippen LogP contribution in [0.15, 0.2) is 46.9 Å². The minimum atomic E-state index is -0.727. The number of hydrogen-bond donors (Lipinski definition) is 2. The Labute approximate surface area is 171 Å². The third-order valence-electron chi connectivity index (χ3n) is 3.54. The van der Waals surface area contributed by atoms with Crippen LogP contribution >= 0.6 is 27.5 Å². The van der Waals surface area contributed by atoms with Gasteiger partial charge in [0.05, 0.1) is 5.02 Å². The number of rotatable bonds is 7. The van der Waals surface area contributed by atoms with Gasteiger partial charge in [0.2, 0.25) is 0 Å². The van der Waals surface area contributed by atoms with Crippen LogP contribution < -0.4 is 20.3 Å². The summed E-state index contributed by atoms with van der Waals surface area (Å²) in [6.07, 6.45) is -0.282. The minimum Gasteiger partial charge on any atom is -0.482 e. The van der Waals surface area contributed by atoms with Crippen molar-refractivity contribution in [1.29, 1.82) is 0 Å². The van der Waals surface area contributed by atoms with Crippen LogP contribution in [0.2, 0.25) is 5.02 Å². The van der Waals surface area contributed by atoms with Crippen molar-refractivity contribution in [1.82, 2.24) is 10.9 Å². The summed E-state index contributed by atoms with van der Waals surface area (Å²) < 4.78 is 11.8. The van der Waals surface area contributed by atoms with Gasteiger partial charge < -0.3 is 9.47 Å². The van der Waals surface area contributed by atoms with Crippen molar-refractivity contribution in [2.75, 3.05) is 6.61 Å². The highest BCUT2D eigenvalue weighted by molar-refractivity contribution is 9.10. The predicted octanol–water partition coefficient (Wildman–Crippen LogP) is 3.79. The molecule has 0 fully saturated rings. The van der Waals surface area contributed by atoms with Crippen LogP contribution in [0.1, 0.15) is 18.9 Å². The summed E-state index contributed by atoms with van der Waals surface area (Å²) in [5.74, 6) is -0.0155. The Kier molecular flexibility index (Phi) is 7.94. The molecule has 2 aromatic rings. The van der Waals surface area contributed by atoms with Crippen molar-refractivity contribution in [3.63, 3.8) is 0 Å². The Balaban J connectivity index is 1.80. The maximum Gasteiger partial charge on any atom is 0.279 e. The lowest BCUT2D eigenvalue weighted by Crippen LogP contribution is -2.49. The summed E-state index contributed by atoms with van der Waals surface area (Å²) in [4.78, 5) is 24.1. The SMILES string of the molecule is CCC(Oc1ccc(C)cc1)C(=O)NNC(=O)COc1ccc(Br)cc1Cl. The Morgan fingerprint density at radius 3 is 2.48 bits per heavy atom. The van der Waals surface area contributed by atoms with E-state index in [0.717, 1.165) is 10.0 Å². The molecule has 2 rings (SSSR count). The second-order valence-corrected chi connectivity index (χ2v) is 7.05. The fraction of sp³-hybridized carbons (Fsp3) is 0.263. The zero-order valence-corrected chi connectivity index (χ0v) is 17.3. The van der Waals surface area contributed by atoms with Gasteiger partial charge in [-0.2, -0.15) is 0 Å². The lowest BCUT2D eigenvalue weighted by Gasteiger charge is -2.17. The van der Waals surface area contributed by atoms with E-state index < -0.39 is 17.9 Å². The number of carbonyl (C=O) groups is 2. The number of benzene rings is 2. The van der Waals surface area contributed by atoms with E-state index in [-0.39, 0.29) is 6.61 Å². The van der Waals surface area contributed by atoms with E-state index in [1.807, 2.05) is 26.0 Å². The Bertz CT molecular complexity index is 799. The second kappa shape index (κ2) is 10.2. The van der Waals surface area contributed by atoms with Crippen LogP contribution in [0.5, 0.6) is 11.5 Å². The molecule has 0 aliphatic heterocycles. The van der Waals surface area contributed by atoms with Crippen LogP contribution in [-0.4, -0.2) is 24.5 Å². The van der Waals surface area contributed by atoms with Gasteiger partial charge in [-0.25, -0.2) is 0 Å². The largest absolute Gasteiger partial charge is 0.482 e. The number of hydrogen-bond acceptors (Lipinski definition) is 4. The average Bonchev–Trinajstić information content (AvgIpc) is 2.65. The summed E-state index contributed by atoms with van der Waals surface area (Å²) in [5.41, 5.74) is 5.73. The van der Waals surface area contributed by atoms with E-state index in [9.17, 15) is 9.59 Å². The van der Waals surface area contributed by atoms with Gasteiger partial charge >= 0.3 is 0 Å². The van der Waals surface area contributed by atoms with Crippen molar-refractivity contribution in [3.05, 3.63) is 57.5 Å². The number of nitrogens with one attached hydrogen (secondary N) is 2. The van der Waals surface area contributed by atoms with Gasteiger partial charge in [0.15, 0.2) is 12.7 Å². The number of carbonyl (C=O) groups excluding carboxylic acids is 2. The molecular formula is C19H20BrClN2O4. The second-order valence-electron chi connectivity index (χ2n) is 5.73. The molecule has 2 N–H and O–H groups in total. The van der Waals surface area contributed by atoms with Crippen molar-refractivity contribution in [2.24, 2.45) is 0 Å². The van der Waals surface area contributed by atoms with Crippen molar-refractivity contribution in [3.8, 4) is 11.5 Å². The summed E-state index contributed by atoms with van der Waals surface area (Å²) in [6, 6.07) is 12.4. The molecule has 6 nitrogen and oxygen atoms in total. The minimum absolute atomic E-state index is 0.294. The molecule has 0 spiro atoms. The van der Waals surface area contributed by atoms with Gasteiger partial charge in [-0.15, -0.1) is 0 Å². The van der Waals surface area contributed by atoms with Crippen molar-refractivity contribution >= 4 is 39.3 Å². The molecule has 27 heavy (non-hydrogen) atoms. The molecule has 2 amide bonds. The van der Waals surface area contributed by atoms with E-state index in [4.69, 9.17) is 21.1 Å². The zero-order chi connectivity index (χ0) is 19.8. The van der Waals surface area contributed by atoms with E-state index in [1.165, 1.54) is 0 Å². The number of aryl methyl sites for hydroxylation is 1. The first kappa shape index (κ1) is 21.1. The van der Waals surface area contributed by atoms with Gasteiger partial charge in [-0.05, 0) is 43.7 Å². The van der Waals surface area contributed by atoms with Crippen LogP contribution in [0.3, 0.4) is 0 Å². The quantitative estimate of drug-likeness (QED) is 0.623. The third kappa shape index (κ3) is 6.77. The number of amides is 2. The first-order valence-corrected chi connectivity index (χ1v) is 9.46. The first-order valence-electron chi connectivity index (χ1n) is 8.29. The van der Waals surface area contributed by atoms with Gasteiger partial charge in [-0.1, -0.05) is 52.2 Å². The molecule has 0 radical (unpaired) electrons. The molecule has 1 unspecified atom stereocenters. The standard InChI is InChI=1S/C19H20BrClN2O4/c1-3-16(27-14-7-4-12(2)5-8-14)19(25)23-22-18(24)11-26-17-9-6-13(20)10-15(17)21/h4-10,16H,3,11H2,1-2H3,(H,22,24)(H,23,25). The number of ether oxygens (including phenoxy) is 2. The summed E-state index contributed by atoms with van der Waals surface area (Å²) in [5, 5.41) is 0.374. The van der Waals surface area contributed by atoms with E-state index >= 15 is 0 Å².